The lowest BCUT2D eigenvalue weighted by Gasteiger charge is -2.22. The van der Waals surface area contributed by atoms with Gasteiger partial charge in [0.2, 0.25) is 11.8 Å². The smallest absolute Gasteiger partial charge is 0.416 e. The Balaban J connectivity index is 1.58. The number of para-hydroxylation sites is 1. The van der Waals surface area contributed by atoms with Crippen LogP contribution in [0, 0.1) is 0 Å². The number of benzene rings is 2. The van der Waals surface area contributed by atoms with Crippen molar-refractivity contribution in [2.45, 2.75) is 50.8 Å². The van der Waals surface area contributed by atoms with Crippen molar-refractivity contribution >= 4 is 17.3 Å². The van der Waals surface area contributed by atoms with Gasteiger partial charge in [-0.3, -0.25) is 4.79 Å². The number of nitrogens with one attached hydrogen (secondary N) is 1. The number of alkyl halides is 3. The van der Waals surface area contributed by atoms with E-state index in [2.05, 4.69) is 15.5 Å². The molecule has 0 atom stereocenters. The Hall–Kier alpha value is -3.36. The van der Waals surface area contributed by atoms with Crippen molar-refractivity contribution in [1.82, 2.24) is 10.2 Å². The molecule has 1 N–H and O–H groups in total. The molecule has 1 fully saturated rings. The number of carbonyl (C=O) groups excluding carboxylic acids is 1. The topological polar surface area (TPSA) is 77.2 Å². The van der Waals surface area contributed by atoms with E-state index in [-0.39, 0.29) is 11.8 Å². The second-order valence-electron chi connectivity index (χ2n) is 8.74. The predicted molar refractivity (Wildman–Crippen MR) is 111 cm³/mol. The van der Waals surface area contributed by atoms with Crippen molar-refractivity contribution in [3.05, 3.63) is 60.0 Å². The molecular formula is C23H22F3N3O3. The van der Waals surface area contributed by atoms with Crippen LogP contribution >= 0.6 is 0 Å². The molecule has 0 unspecified atom stereocenters. The van der Waals surface area contributed by atoms with Crippen molar-refractivity contribution < 1.29 is 27.1 Å². The number of aromatic nitrogens is 2. The second kappa shape index (κ2) is 7.65. The molecule has 3 aromatic rings. The molecule has 0 saturated heterocycles. The molecule has 6 nitrogen and oxygen atoms in total. The SMILES string of the molecule is CC(C)(C)OC(=O)C1(c2nnc(-c3ccccc3Nc3ccc(C(F)(F)F)cc3)o2)CC1. The number of rotatable bonds is 5. The number of nitrogens with zero attached hydrogens (tertiary/aromatic N) is 2. The number of halogens is 3. The van der Waals surface area contributed by atoms with E-state index in [0.717, 1.165) is 12.1 Å². The molecular weight excluding hydrogens is 423 g/mol. The van der Waals surface area contributed by atoms with Gasteiger partial charge in [-0.1, -0.05) is 12.1 Å². The number of anilines is 2. The maximum Gasteiger partial charge on any atom is 0.416 e. The highest BCUT2D eigenvalue weighted by atomic mass is 19.4. The van der Waals surface area contributed by atoms with Crippen LogP contribution in [0.3, 0.4) is 0 Å². The summed E-state index contributed by atoms with van der Waals surface area (Å²) in [6, 6.07) is 11.8. The van der Waals surface area contributed by atoms with E-state index < -0.39 is 28.7 Å². The fourth-order valence-corrected chi connectivity index (χ4v) is 3.21. The van der Waals surface area contributed by atoms with E-state index in [4.69, 9.17) is 9.15 Å². The average molecular weight is 445 g/mol. The van der Waals surface area contributed by atoms with Crippen LogP contribution in [0.4, 0.5) is 24.5 Å². The Morgan fingerprint density at radius 1 is 1.03 bits per heavy atom. The summed E-state index contributed by atoms with van der Waals surface area (Å²) in [4.78, 5) is 12.7. The number of ether oxygens (including phenoxy) is 1. The van der Waals surface area contributed by atoms with Crippen LogP contribution in [-0.4, -0.2) is 21.8 Å². The van der Waals surface area contributed by atoms with Gasteiger partial charge in [-0.05, 0) is 70.0 Å². The zero-order valence-corrected chi connectivity index (χ0v) is 17.8. The van der Waals surface area contributed by atoms with E-state index in [1.54, 1.807) is 45.0 Å². The van der Waals surface area contributed by atoms with Gasteiger partial charge in [-0.25, -0.2) is 0 Å². The normalized spacial score (nSPS) is 15.3. The van der Waals surface area contributed by atoms with E-state index in [9.17, 15) is 18.0 Å². The molecule has 0 bridgehead atoms. The number of carbonyl (C=O) groups is 1. The molecule has 1 heterocycles. The summed E-state index contributed by atoms with van der Waals surface area (Å²) < 4.78 is 49.8. The third kappa shape index (κ3) is 4.46. The maximum absolute atomic E-state index is 12.8. The van der Waals surface area contributed by atoms with Crippen LogP contribution in [-0.2, 0) is 21.1 Å². The standard InChI is InChI=1S/C23H22F3N3O3/c1-21(2,3)32-20(30)22(12-13-22)19-29-28-18(31-19)16-6-4-5-7-17(16)27-15-10-8-14(9-11-15)23(24,25)26/h4-11,27H,12-13H2,1-3H3. The van der Waals surface area contributed by atoms with Gasteiger partial charge in [0.15, 0.2) is 0 Å². The van der Waals surface area contributed by atoms with Crippen LogP contribution in [0.15, 0.2) is 52.9 Å². The summed E-state index contributed by atoms with van der Waals surface area (Å²) in [5, 5.41) is 11.3. The third-order valence-electron chi connectivity index (χ3n) is 5.02. The van der Waals surface area contributed by atoms with Crippen LogP contribution in [0.5, 0.6) is 0 Å². The Morgan fingerprint density at radius 2 is 1.69 bits per heavy atom. The van der Waals surface area contributed by atoms with E-state index in [0.29, 0.717) is 29.8 Å². The monoisotopic (exact) mass is 445 g/mol. The second-order valence-corrected chi connectivity index (χ2v) is 8.74. The molecule has 1 aliphatic rings. The Kier molecular flexibility index (Phi) is 5.22. The summed E-state index contributed by atoms with van der Waals surface area (Å²) >= 11 is 0. The molecule has 168 valence electrons. The van der Waals surface area contributed by atoms with E-state index in [1.165, 1.54) is 12.1 Å². The van der Waals surface area contributed by atoms with Crippen molar-refractivity contribution in [1.29, 1.82) is 0 Å². The fraction of sp³-hybridized carbons (Fsp3) is 0.348. The largest absolute Gasteiger partial charge is 0.459 e. The minimum absolute atomic E-state index is 0.199. The van der Waals surface area contributed by atoms with Crippen LogP contribution in [0.2, 0.25) is 0 Å². The molecule has 1 aliphatic carbocycles. The van der Waals surface area contributed by atoms with Crippen molar-refractivity contribution in [2.24, 2.45) is 0 Å². The molecule has 0 aliphatic heterocycles. The highest BCUT2D eigenvalue weighted by Gasteiger charge is 2.58. The summed E-state index contributed by atoms with van der Waals surface area (Å²) in [6.07, 6.45) is -3.27. The van der Waals surface area contributed by atoms with E-state index >= 15 is 0 Å². The van der Waals surface area contributed by atoms with Gasteiger partial charge in [-0.15, -0.1) is 10.2 Å². The third-order valence-corrected chi connectivity index (χ3v) is 5.02. The summed E-state index contributed by atoms with van der Waals surface area (Å²) in [6.45, 7) is 5.39. The molecule has 32 heavy (non-hydrogen) atoms. The highest BCUT2D eigenvalue weighted by Crippen LogP contribution is 2.50. The van der Waals surface area contributed by atoms with Gasteiger partial charge in [0.05, 0.1) is 16.8 Å². The summed E-state index contributed by atoms with van der Waals surface area (Å²) in [5.74, 6) is 0.00675. The van der Waals surface area contributed by atoms with Crippen LogP contribution < -0.4 is 5.32 Å². The molecule has 1 aromatic heterocycles. The van der Waals surface area contributed by atoms with Crippen molar-refractivity contribution in [3.8, 4) is 11.5 Å². The number of esters is 1. The van der Waals surface area contributed by atoms with Crippen LogP contribution in [0.25, 0.3) is 11.5 Å². The van der Waals surface area contributed by atoms with Gasteiger partial charge in [0.1, 0.15) is 11.0 Å². The Morgan fingerprint density at radius 3 is 2.28 bits per heavy atom. The fourth-order valence-electron chi connectivity index (χ4n) is 3.21. The van der Waals surface area contributed by atoms with Gasteiger partial charge in [0.25, 0.3) is 0 Å². The molecule has 1 saturated carbocycles. The van der Waals surface area contributed by atoms with Gasteiger partial charge < -0.3 is 14.5 Å². The van der Waals surface area contributed by atoms with E-state index in [1.807, 2.05) is 0 Å². The summed E-state index contributed by atoms with van der Waals surface area (Å²) in [7, 11) is 0. The Bertz CT molecular complexity index is 1130. The average Bonchev–Trinajstić information content (AvgIpc) is 3.38. The van der Waals surface area contributed by atoms with Gasteiger partial charge in [0, 0.05) is 5.69 Å². The number of hydrogen-bond acceptors (Lipinski definition) is 6. The minimum Gasteiger partial charge on any atom is -0.459 e. The van der Waals surface area contributed by atoms with Crippen molar-refractivity contribution in [3.63, 3.8) is 0 Å². The van der Waals surface area contributed by atoms with Crippen LogP contribution in [0.1, 0.15) is 45.1 Å². The molecule has 4 rings (SSSR count). The maximum atomic E-state index is 12.8. The first kappa shape index (κ1) is 21.9. The quantitative estimate of drug-likeness (QED) is 0.495. The zero-order valence-electron chi connectivity index (χ0n) is 17.8. The first-order chi connectivity index (χ1) is 15.0. The Labute approximate surface area is 182 Å². The number of hydrogen-bond donors (Lipinski definition) is 1. The lowest BCUT2D eigenvalue weighted by atomic mass is 10.1. The lowest BCUT2D eigenvalue weighted by Crippen LogP contribution is -2.32. The first-order valence-electron chi connectivity index (χ1n) is 10.1. The highest BCUT2D eigenvalue weighted by molar-refractivity contribution is 5.85. The molecule has 0 radical (unpaired) electrons. The minimum atomic E-state index is -4.40. The predicted octanol–water partition coefficient (Wildman–Crippen LogP) is 5.87. The van der Waals surface area contributed by atoms with Gasteiger partial charge in [-0.2, -0.15) is 13.2 Å². The first-order valence-corrected chi connectivity index (χ1v) is 10.1. The van der Waals surface area contributed by atoms with Crippen molar-refractivity contribution in [2.75, 3.05) is 5.32 Å². The molecule has 2 aromatic carbocycles. The zero-order chi connectivity index (χ0) is 23.1. The molecule has 0 spiro atoms. The van der Waals surface area contributed by atoms with Gasteiger partial charge >= 0.3 is 12.1 Å². The molecule has 9 heteroatoms. The summed E-state index contributed by atoms with van der Waals surface area (Å²) in [5.41, 5.74) is -0.676. The lowest BCUT2D eigenvalue weighted by molar-refractivity contribution is -0.158. The molecule has 0 amide bonds.